The largest absolute Gasteiger partial charge is 0.271 e. The molecule has 0 spiro atoms. The van der Waals surface area contributed by atoms with Crippen molar-refractivity contribution >= 4 is 34.2 Å². The molecule has 0 saturated carbocycles. The van der Waals surface area contributed by atoms with E-state index in [0.717, 1.165) is 20.3 Å². The van der Waals surface area contributed by atoms with E-state index in [0.29, 0.717) is 11.4 Å². The van der Waals surface area contributed by atoms with Gasteiger partial charge in [0, 0.05) is 8.59 Å². The van der Waals surface area contributed by atoms with Gasteiger partial charge in [-0.1, -0.05) is 17.7 Å². The monoisotopic (exact) mass is 404 g/mol. The molecule has 0 heterocycles. The molecule has 1 unspecified atom stereocenters. The highest BCUT2D eigenvalue weighted by atomic mass is 127. The first-order valence-corrected chi connectivity index (χ1v) is 7.63. The van der Waals surface area contributed by atoms with Crippen LogP contribution in [0.5, 0.6) is 0 Å². The van der Waals surface area contributed by atoms with Crippen molar-refractivity contribution < 1.29 is 4.39 Å². The van der Waals surface area contributed by atoms with E-state index < -0.39 is 0 Å². The van der Waals surface area contributed by atoms with Crippen LogP contribution >= 0.6 is 34.2 Å². The third-order valence-electron chi connectivity index (χ3n) is 3.27. The number of hydrogen-bond acceptors (Lipinski definition) is 2. The lowest BCUT2D eigenvalue weighted by Gasteiger charge is -2.19. The second-order valence-corrected chi connectivity index (χ2v) is 6.26. The van der Waals surface area contributed by atoms with Crippen molar-refractivity contribution in [3.63, 3.8) is 0 Å². The molecule has 0 radical (unpaired) electrons. The van der Waals surface area contributed by atoms with Crippen molar-refractivity contribution in [1.29, 1.82) is 0 Å². The lowest BCUT2D eigenvalue weighted by atomic mass is 9.96. The summed E-state index contributed by atoms with van der Waals surface area (Å²) >= 11 is 8.29. The lowest BCUT2D eigenvalue weighted by Crippen LogP contribution is -2.30. The van der Waals surface area contributed by atoms with Gasteiger partial charge in [0.1, 0.15) is 5.82 Å². The quantitative estimate of drug-likeness (QED) is 0.457. The molecule has 0 aromatic heterocycles. The highest BCUT2D eigenvalue weighted by Crippen LogP contribution is 2.27. The summed E-state index contributed by atoms with van der Waals surface area (Å²) in [4.78, 5) is 0. The fourth-order valence-electron chi connectivity index (χ4n) is 2.12. The summed E-state index contributed by atoms with van der Waals surface area (Å²) < 4.78 is 14.4. The summed E-state index contributed by atoms with van der Waals surface area (Å²) in [5.41, 5.74) is 5.79. The molecule has 2 aromatic rings. The maximum Gasteiger partial charge on any atom is 0.123 e. The van der Waals surface area contributed by atoms with Gasteiger partial charge in [0.2, 0.25) is 0 Å². The van der Waals surface area contributed by atoms with Crippen LogP contribution in [0.4, 0.5) is 4.39 Å². The molecule has 5 heteroatoms. The van der Waals surface area contributed by atoms with E-state index in [-0.39, 0.29) is 11.9 Å². The number of nitrogens with one attached hydrogen (secondary N) is 1. The number of rotatable bonds is 4. The van der Waals surface area contributed by atoms with Crippen molar-refractivity contribution in [1.82, 2.24) is 5.43 Å². The third-order valence-corrected chi connectivity index (χ3v) is 4.49. The van der Waals surface area contributed by atoms with Crippen molar-refractivity contribution in [2.75, 3.05) is 0 Å². The molecule has 0 aliphatic rings. The summed E-state index contributed by atoms with van der Waals surface area (Å²) in [7, 11) is 0. The predicted molar refractivity (Wildman–Crippen MR) is 89.1 cm³/mol. The van der Waals surface area contributed by atoms with Crippen LogP contribution in [0.3, 0.4) is 0 Å². The summed E-state index contributed by atoms with van der Waals surface area (Å²) in [5, 5.41) is 0.664. The molecule has 0 aliphatic carbocycles. The Morgan fingerprint density at radius 3 is 2.75 bits per heavy atom. The Bertz CT molecular complexity index is 619. The number of hydrazine groups is 1. The standard InChI is InChI=1S/C15H15ClFIN2/c1-9-2-4-12(17)6-10(9)7-15(20-19)13-8-11(16)3-5-14(13)18/h2-6,8,15,20H,7,19H2,1H3. The highest BCUT2D eigenvalue weighted by Gasteiger charge is 2.15. The van der Waals surface area contributed by atoms with Gasteiger partial charge in [-0.2, -0.15) is 0 Å². The molecule has 106 valence electrons. The minimum atomic E-state index is -0.234. The van der Waals surface area contributed by atoms with Crippen LogP contribution in [0.2, 0.25) is 5.02 Å². The van der Waals surface area contributed by atoms with E-state index >= 15 is 0 Å². The first kappa shape index (κ1) is 15.7. The maximum absolute atomic E-state index is 13.4. The topological polar surface area (TPSA) is 38.0 Å². The fraction of sp³-hybridized carbons (Fsp3) is 0.200. The van der Waals surface area contributed by atoms with E-state index in [1.807, 2.05) is 25.1 Å². The first-order valence-electron chi connectivity index (χ1n) is 6.17. The van der Waals surface area contributed by atoms with Crippen molar-refractivity contribution in [2.24, 2.45) is 5.84 Å². The molecule has 2 aromatic carbocycles. The van der Waals surface area contributed by atoms with Gasteiger partial charge in [0.25, 0.3) is 0 Å². The van der Waals surface area contributed by atoms with Gasteiger partial charge in [-0.15, -0.1) is 0 Å². The summed E-state index contributed by atoms with van der Waals surface area (Å²) in [6.45, 7) is 1.96. The Hall–Kier alpha value is -0.690. The SMILES string of the molecule is Cc1ccc(F)cc1CC(NN)c1cc(Cl)ccc1I. The average molecular weight is 405 g/mol. The number of benzene rings is 2. The minimum Gasteiger partial charge on any atom is -0.271 e. The van der Waals surface area contributed by atoms with Crippen LogP contribution in [0.25, 0.3) is 0 Å². The Balaban J connectivity index is 2.33. The van der Waals surface area contributed by atoms with Crippen LogP contribution in [0.1, 0.15) is 22.7 Å². The van der Waals surface area contributed by atoms with Crippen LogP contribution in [0.15, 0.2) is 36.4 Å². The van der Waals surface area contributed by atoms with Gasteiger partial charge in [-0.3, -0.25) is 11.3 Å². The number of halogens is 3. The smallest absolute Gasteiger partial charge is 0.123 e. The minimum absolute atomic E-state index is 0.110. The Labute approximate surface area is 136 Å². The maximum atomic E-state index is 13.4. The van der Waals surface area contributed by atoms with E-state index in [4.69, 9.17) is 17.4 Å². The molecular weight excluding hydrogens is 390 g/mol. The van der Waals surface area contributed by atoms with Crippen molar-refractivity contribution in [2.45, 2.75) is 19.4 Å². The predicted octanol–water partition coefficient (Wildman–Crippen LogP) is 4.14. The zero-order valence-corrected chi connectivity index (χ0v) is 13.9. The van der Waals surface area contributed by atoms with Crippen LogP contribution in [0, 0.1) is 16.3 Å². The fourth-order valence-corrected chi connectivity index (χ4v) is 3.01. The molecule has 0 fully saturated rings. The summed E-state index contributed by atoms with van der Waals surface area (Å²) in [5.74, 6) is 5.44. The molecule has 20 heavy (non-hydrogen) atoms. The van der Waals surface area contributed by atoms with Crippen LogP contribution in [-0.4, -0.2) is 0 Å². The molecule has 0 saturated heterocycles. The van der Waals surface area contributed by atoms with Crippen LogP contribution in [-0.2, 0) is 6.42 Å². The Morgan fingerprint density at radius 1 is 1.30 bits per heavy atom. The van der Waals surface area contributed by atoms with E-state index in [9.17, 15) is 4.39 Å². The zero-order valence-electron chi connectivity index (χ0n) is 11.0. The number of hydrogen-bond donors (Lipinski definition) is 2. The summed E-state index contributed by atoms with van der Waals surface area (Å²) in [6.07, 6.45) is 0.608. The lowest BCUT2D eigenvalue weighted by molar-refractivity contribution is 0.545. The zero-order chi connectivity index (χ0) is 14.7. The van der Waals surface area contributed by atoms with Crippen molar-refractivity contribution in [3.05, 3.63) is 67.5 Å². The van der Waals surface area contributed by atoms with Gasteiger partial charge in [0.15, 0.2) is 0 Å². The van der Waals surface area contributed by atoms with Gasteiger partial charge < -0.3 is 0 Å². The molecule has 0 bridgehead atoms. The molecule has 3 N–H and O–H groups in total. The number of nitrogens with two attached hydrogens (primary N) is 1. The second-order valence-electron chi connectivity index (χ2n) is 4.66. The van der Waals surface area contributed by atoms with Gasteiger partial charge >= 0.3 is 0 Å². The molecular formula is C15H15ClFIN2. The average Bonchev–Trinajstić information content (AvgIpc) is 2.42. The Morgan fingerprint density at radius 2 is 2.05 bits per heavy atom. The molecule has 2 nitrogen and oxygen atoms in total. The van der Waals surface area contributed by atoms with E-state index in [1.165, 1.54) is 6.07 Å². The molecule has 1 atom stereocenters. The highest BCUT2D eigenvalue weighted by molar-refractivity contribution is 14.1. The molecule has 0 aliphatic heterocycles. The molecule has 2 rings (SSSR count). The summed E-state index contributed by atoms with van der Waals surface area (Å²) in [6, 6.07) is 10.4. The third kappa shape index (κ3) is 3.69. The van der Waals surface area contributed by atoms with E-state index in [1.54, 1.807) is 12.1 Å². The van der Waals surface area contributed by atoms with Crippen molar-refractivity contribution in [3.8, 4) is 0 Å². The van der Waals surface area contributed by atoms with Crippen LogP contribution < -0.4 is 11.3 Å². The second kappa shape index (κ2) is 6.85. The normalized spacial score (nSPS) is 12.4. The molecule has 0 amide bonds. The van der Waals surface area contributed by atoms with Gasteiger partial charge in [-0.05, 0) is 83.0 Å². The Kier molecular flexibility index (Phi) is 5.37. The van der Waals surface area contributed by atoms with Gasteiger partial charge in [-0.25, -0.2) is 4.39 Å². The number of aryl methyl sites for hydroxylation is 1. The van der Waals surface area contributed by atoms with E-state index in [2.05, 4.69) is 28.0 Å². The first-order chi connectivity index (χ1) is 9.51. The van der Waals surface area contributed by atoms with Gasteiger partial charge in [0.05, 0.1) is 6.04 Å².